The molecule has 6 nitrogen and oxygen atoms in total. The van der Waals surface area contributed by atoms with Gasteiger partial charge in [0, 0.05) is 24.2 Å². The molecular weight excluding hydrogens is 426 g/mol. The van der Waals surface area contributed by atoms with Crippen molar-refractivity contribution in [1.29, 1.82) is 0 Å². The van der Waals surface area contributed by atoms with Crippen LogP contribution in [-0.2, 0) is 10.2 Å². The number of pyridine rings is 1. The molecule has 4 rings (SSSR count). The lowest BCUT2D eigenvalue weighted by Crippen LogP contribution is -2.30. The summed E-state index contributed by atoms with van der Waals surface area (Å²) in [6.07, 6.45) is 1.62. The van der Waals surface area contributed by atoms with Gasteiger partial charge in [-0.3, -0.25) is 9.59 Å². The first-order valence-electron chi connectivity index (χ1n) is 11.7. The molecule has 0 unspecified atom stereocenters. The van der Waals surface area contributed by atoms with Crippen LogP contribution >= 0.6 is 0 Å². The Morgan fingerprint density at radius 1 is 0.971 bits per heavy atom. The molecule has 176 valence electrons. The van der Waals surface area contributed by atoms with Crippen LogP contribution in [0.2, 0.25) is 0 Å². The van der Waals surface area contributed by atoms with Crippen LogP contribution in [0.25, 0.3) is 11.3 Å². The Bertz CT molecular complexity index is 1180. The SMILES string of the molecule is CCN(CC)C(=O)c1ccc(-c2nc(NC(=O)C3(c4ccc(OC)cc4)CC3)ccc2C)cc1. The normalized spacial score (nSPS) is 13.8. The molecule has 1 saturated carbocycles. The van der Waals surface area contributed by atoms with Gasteiger partial charge >= 0.3 is 0 Å². The van der Waals surface area contributed by atoms with Gasteiger partial charge in [0.05, 0.1) is 18.2 Å². The molecule has 1 heterocycles. The first kappa shape index (κ1) is 23.5. The summed E-state index contributed by atoms with van der Waals surface area (Å²) in [4.78, 5) is 32.3. The summed E-state index contributed by atoms with van der Waals surface area (Å²) in [5.41, 5.74) is 3.83. The Morgan fingerprint density at radius 2 is 1.62 bits per heavy atom. The number of aromatic nitrogens is 1. The molecule has 3 aromatic rings. The minimum Gasteiger partial charge on any atom is -0.497 e. The van der Waals surface area contributed by atoms with Crippen LogP contribution in [0.15, 0.2) is 60.7 Å². The van der Waals surface area contributed by atoms with Gasteiger partial charge in [-0.25, -0.2) is 4.98 Å². The highest BCUT2D eigenvalue weighted by Gasteiger charge is 2.51. The summed E-state index contributed by atoms with van der Waals surface area (Å²) in [6, 6.07) is 19.0. The average molecular weight is 458 g/mol. The summed E-state index contributed by atoms with van der Waals surface area (Å²) in [5.74, 6) is 1.28. The van der Waals surface area contributed by atoms with Crippen LogP contribution in [-0.4, -0.2) is 41.9 Å². The van der Waals surface area contributed by atoms with Crippen LogP contribution in [0.1, 0.15) is 48.2 Å². The van der Waals surface area contributed by atoms with Crippen molar-refractivity contribution < 1.29 is 14.3 Å². The van der Waals surface area contributed by atoms with E-state index in [-0.39, 0.29) is 11.8 Å². The first-order valence-corrected chi connectivity index (χ1v) is 11.7. The van der Waals surface area contributed by atoms with Crippen LogP contribution in [0.4, 0.5) is 5.82 Å². The van der Waals surface area contributed by atoms with Gasteiger partial charge in [-0.05, 0) is 75.1 Å². The first-order chi connectivity index (χ1) is 16.4. The monoisotopic (exact) mass is 457 g/mol. The third-order valence-electron chi connectivity index (χ3n) is 6.62. The van der Waals surface area contributed by atoms with E-state index >= 15 is 0 Å². The molecule has 1 N–H and O–H groups in total. The largest absolute Gasteiger partial charge is 0.497 e. The molecule has 0 radical (unpaired) electrons. The van der Waals surface area contributed by atoms with Crippen molar-refractivity contribution in [1.82, 2.24) is 9.88 Å². The second-order valence-electron chi connectivity index (χ2n) is 8.68. The van der Waals surface area contributed by atoms with Crippen LogP contribution < -0.4 is 10.1 Å². The van der Waals surface area contributed by atoms with Gasteiger partial charge in [-0.15, -0.1) is 0 Å². The number of carbonyl (C=O) groups excluding carboxylic acids is 2. The maximum absolute atomic E-state index is 13.2. The van der Waals surface area contributed by atoms with E-state index < -0.39 is 5.41 Å². The van der Waals surface area contributed by atoms with Crippen molar-refractivity contribution in [2.45, 2.75) is 39.0 Å². The number of anilines is 1. The lowest BCUT2D eigenvalue weighted by atomic mass is 9.95. The number of aryl methyl sites for hydroxylation is 1. The van der Waals surface area contributed by atoms with E-state index in [1.54, 1.807) is 12.0 Å². The van der Waals surface area contributed by atoms with Crippen LogP contribution in [0.5, 0.6) is 5.75 Å². The van der Waals surface area contributed by atoms with Crippen molar-refractivity contribution in [2.75, 3.05) is 25.5 Å². The van der Waals surface area contributed by atoms with E-state index in [0.29, 0.717) is 24.5 Å². The van der Waals surface area contributed by atoms with Gasteiger partial charge < -0.3 is 15.0 Å². The maximum Gasteiger partial charge on any atom is 0.253 e. The standard InChI is InChI=1S/C28H31N3O3/c1-5-31(6-2)26(32)21-10-8-20(9-11-21)25-19(3)7-16-24(29-25)30-27(33)28(17-18-28)22-12-14-23(34-4)15-13-22/h7-16H,5-6,17-18H2,1-4H3,(H,29,30,33). The number of nitrogens with one attached hydrogen (secondary N) is 1. The van der Waals surface area contributed by atoms with Crippen molar-refractivity contribution in [3.05, 3.63) is 77.4 Å². The molecule has 1 aliphatic rings. The zero-order valence-electron chi connectivity index (χ0n) is 20.2. The highest BCUT2D eigenvalue weighted by molar-refractivity contribution is 6.01. The molecule has 0 aliphatic heterocycles. The van der Waals surface area contributed by atoms with Gasteiger partial charge in [0.25, 0.3) is 5.91 Å². The van der Waals surface area contributed by atoms with Gasteiger partial charge in [-0.1, -0.05) is 30.3 Å². The Morgan fingerprint density at radius 3 is 2.18 bits per heavy atom. The number of carbonyl (C=O) groups is 2. The number of amides is 2. The summed E-state index contributed by atoms with van der Waals surface area (Å²) in [6.45, 7) is 7.30. The molecule has 0 atom stereocenters. The van der Waals surface area contributed by atoms with Crippen molar-refractivity contribution in [2.24, 2.45) is 0 Å². The summed E-state index contributed by atoms with van der Waals surface area (Å²) < 4.78 is 5.24. The fraction of sp³-hybridized carbons (Fsp3) is 0.321. The predicted molar refractivity (Wildman–Crippen MR) is 134 cm³/mol. The molecule has 34 heavy (non-hydrogen) atoms. The number of hydrogen-bond donors (Lipinski definition) is 1. The third-order valence-corrected chi connectivity index (χ3v) is 6.62. The Kier molecular flexibility index (Phi) is 6.68. The number of ether oxygens (including phenoxy) is 1. The number of hydrogen-bond acceptors (Lipinski definition) is 4. The van der Waals surface area contributed by atoms with Crippen molar-refractivity contribution in [3.63, 3.8) is 0 Å². The topological polar surface area (TPSA) is 71.5 Å². The Hall–Kier alpha value is -3.67. The average Bonchev–Trinajstić information content (AvgIpc) is 3.68. The summed E-state index contributed by atoms with van der Waals surface area (Å²) in [7, 11) is 1.63. The molecule has 2 amide bonds. The van der Waals surface area contributed by atoms with E-state index in [1.165, 1.54) is 0 Å². The predicted octanol–water partition coefficient (Wildman–Crippen LogP) is 5.22. The number of nitrogens with zero attached hydrogens (tertiary/aromatic N) is 2. The van der Waals surface area contributed by atoms with E-state index in [4.69, 9.17) is 9.72 Å². The molecule has 1 aromatic heterocycles. The number of rotatable bonds is 8. The zero-order valence-corrected chi connectivity index (χ0v) is 20.2. The Balaban J connectivity index is 1.53. The van der Waals surface area contributed by atoms with Crippen molar-refractivity contribution in [3.8, 4) is 17.0 Å². The third kappa shape index (κ3) is 4.53. The summed E-state index contributed by atoms with van der Waals surface area (Å²) in [5, 5.41) is 3.03. The number of methoxy groups -OCH3 is 1. The van der Waals surface area contributed by atoms with Gasteiger partial charge in [-0.2, -0.15) is 0 Å². The van der Waals surface area contributed by atoms with Gasteiger partial charge in [0.1, 0.15) is 11.6 Å². The lowest BCUT2D eigenvalue weighted by molar-refractivity contribution is -0.118. The van der Waals surface area contributed by atoms with E-state index in [2.05, 4.69) is 5.32 Å². The highest BCUT2D eigenvalue weighted by atomic mass is 16.5. The fourth-order valence-corrected chi connectivity index (χ4v) is 4.27. The van der Waals surface area contributed by atoms with E-state index in [0.717, 1.165) is 41.0 Å². The van der Waals surface area contributed by atoms with Crippen LogP contribution in [0, 0.1) is 6.92 Å². The van der Waals surface area contributed by atoms with Gasteiger partial charge in [0.15, 0.2) is 0 Å². The van der Waals surface area contributed by atoms with E-state index in [1.807, 2.05) is 81.4 Å². The molecule has 1 aliphatic carbocycles. The molecule has 1 fully saturated rings. The molecular formula is C28H31N3O3. The van der Waals surface area contributed by atoms with Crippen LogP contribution in [0.3, 0.4) is 0 Å². The second kappa shape index (κ2) is 9.67. The summed E-state index contributed by atoms with van der Waals surface area (Å²) >= 11 is 0. The number of benzene rings is 2. The van der Waals surface area contributed by atoms with Gasteiger partial charge in [0.2, 0.25) is 5.91 Å². The molecule has 2 aromatic carbocycles. The molecule has 0 saturated heterocycles. The minimum absolute atomic E-state index is 0.0236. The highest BCUT2D eigenvalue weighted by Crippen LogP contribution is 2.49. The fourth-order valence-electron chi connectivity index (χ4n) is 4.27. The smallest absolute Gasteiger partial charge is 0.253 e. The maximum atomic E-state index is 13.2. The molecule has 0 bridgehead atoms. The molecule has 0 spiro atoms. The van der Waals surface area contributed by atoms with Crippen molar-refractivity contribution >= 4 is 17.6 Å². The minimum atomic E-state index is -0.508. The quantitative estimate of drug-likeness (QED) is 0.504. The lowest BCUT2D eigenvalue weighted by Gasteiger charge is -2.19. The second-order valence-corrected chi connectivity index (χ2v) is 8.68. The molecule has 6 heteroatoms. The zero-order chi connectivity index (χ0) is 24.3. The van der Waals surface area contributed by atoms with E-state index in [9.17, 15) is 9.59 Å². The Labute approximate surface area is 201 Å².